The normalized spacial score (nSPS) is 11.8. The second kappa shape index (κ2) is 14.8. The SMILES string of the molecule is CC(C)CNC(=O)[C@@H](Cc1ccccc1)N(Cc1ccc(Br)cc1)C(=O)CSCc1c(Cl)cccc1Cl. The van der Waals surface area contributed by atoms with E-state index in [1.807, 2.05) is 68.4 Å². The highest BCUT2D eigenvalue weighted by molar-refractivity contribution is 9.10. The largest absolute Gasteiger partial charge is 0.354 e. The number of carbonyl (C=O) groups excluding carboxylic acids is 2. The van der Waals surface area contributed by atoms with Crippen LogP contribution in [-0.2, 0) is 28.3 Å². The van der Waals surface area contributed by atoms with Crippen molar-refractivity contribution in [2.45, 2.75) is 38.6 Å². The number of benzene rings is 3. The van der Waals surface area contributed by atoms with Gasteiger partial charge >= 0.3 is 0 Å². The van der Waals surface area contributed by atoms with Gasteiger partial charge < -0.3 is 10.2 Å². The molecule has 0 unspecified atom stereocenters. The summed E-state index contributed by atoms with van der Waals surface area (Å²) in [4.78, 5) is 28.9. The number of hydrogen-bond acceptors (Lipinski definition) is 3. The highest BCUT2D eigenvalue weighted by Gasteiger charge is 2.30. The molecule has 1 N–H and O–H groups in total. The van der Waals surface area contributed by atoms with E-state index in [4.69, 9.17) is 23.2 Å². The van der Waals surface area contributed by atoms with Gasteiger partial charge in [-0.1, -0.05) is 102 Å². The Bertz CT molecular complexity index is 1160. The van der Waals surface area contributed by atoms with Crippen LogP contribution in [0.3, 0.4) is 0 Å². The zero-order valence-corrected chi connectivity index (χ0v) is 24.8. The average Bonchev–Trinajstić information content (AvgIpc) is 2.88. The van der Waals surface area contributed by atoms with Crippen molar-refractivity contribution in [1.29, 1.82) is 0 Å². The van der Waals surface area contributed by atoms with E-state index >= 15 is 0 Å². The number of nitrogens with one attached hydrogen (secondary N) is 1. The molecule has 3 aromatic carbocycles. The molecule has 3 rings (SSSR count). The third-order valence-corrected chi connectivity index (χ3v) is 7.94. The lowest BCUT2D eigenvalue weighted by Gasteiger charge is -2.32. The van der Waals surface area contributed by atoms with Gasteiger partial charge in [-0.05, 0) is 46.9 Å². The molecule has 0 heterocycles. The molecule has 0 aliphatic heterocycles. The minimum absolute atomic E-state index is 0.114. The molecule has 0 saturated carbocycles. The summed E-state index contributed by atoms with van der Waals surface area (Å²) in [6, 6.07) is 22.4. The van der Waals surface area contributed by atoms with Crippen molar-refractivity contribution in [3.05, 3.63) is 104 Å². The summed E-state index contributed by atoms with van der Waals surface area (Å²) in [7, 11) is 0. The predicted molar refractivity (Wildman–Crippen MR) is 159 cm³/mol. The smallest absolute Gasteiger partial charge is 0.243 e. The molecule has 2 amide bonds. The van der Waals surface area contributed by atoms with Crippen LogP contribution in [0.25, 0.3) is 0 Å². The van der Waals surface area contributed by atoms with Gasteiger partial charge in [-0.15, -0.1) is 11.8 Å². The number of nitrogens with zero attached hydrogens (tertiary/aromatic N) is 1. The maximum absolute atomic E-state index is 13.7. The minimum atomic E-state index is -0.651. The lowest BCUT2D eigenvalue weighted by molar-refractivity contribution is -0.139. The van der Waals surface area contributed by atoms with Crippen LogP contribution in [0.4, 0.5) is 0 Å². The van der Waals surface area contributed by atoms with Crippen molar-refractivity contribution in [2.24, 2.45) is 5.92 Å². The van der Waals surface area contributed by atoms with Gasteiger partial charge in [0.1, 0.15) is 6.04 Å². The molecule has 3 aromatic rings. The molecular formula is C29H31BrCl2N2O2S. The fourth-order valence-electron chi connectivity index (χ4n) is 3.76. The highest BCUT2D eigenvalue weighted by Crippen LogP contribution is 2.28. The number of thioether (sulfide) groups is 1. The van der Waals surface area contributed by atoms with Gasteiger partial charge in [0.2, 0.25) is 11.8 Å². The molecule has 0 fully saturated rings. The van der Waals surface area contributed by atoms with Gasteiger partial charge in [0.15, 0.2) is 0 Å². The molecule has 0 aromatic heterocycles. The van der Waals surface area contributed by atoms with Crippen molar-refractivity contribution in [1.82, 2.24) is 10.2 Å². The van der Waals surface area contributed by atoms with Gasteiger partial charge in [-0.25, -0.2) is 0 Å². The predicted octanol–water partition coefficient (Wildman–Crippen LogP) is 7.40. The molecule has 0 bridgehead atoms. The first-order chi connectivity index (χ1) is 17.7. The molecule has 0 aliphatic carbocycles. The maximum Gasteiger partial charge on any atom is 0.243 e. The first-order valence-corrected chi connectivity index (χ1v) is 14.8. The summed E-state index contributed by atoms with van der Waals surface area (Å²) in [6.45, 7) is 4.97. The minimum Gasteiger partial charge on any atom is -0.354 e. The van der Waals surface area contributed by atoms with Crippen LogP contribution < -0.4 is 5.32 Å². The summed E-state index contributed by atoms with van der Waals surface area (Å²) in [5.74, 6) is 0.729. The zero-order chi connectivity index (χ0) is 26.8. The van der Waals surface area contributed by atoms with Gasteiger partial charge in [0, 0.05) is 39.8 Å². The lowest BCUT2D eigenvalue weighted by Crippen LogP contribution is -2.51. The number of hydrogen-bond donors (Lipinski definition) is 1. The Morgan fingerprint density at radius 1 is 0.919 bits per heavy atom. The van der Waals surface area contributed by atoms with Crippen molar-refractivity contribution in [3.8, 4) is 0 Å². The molecule has 1 atom stereocenters. The van der Waals surface area contributed by atoms with Crippen molar-refractivity contribution < 1.29 is 9.59 Å². The van der Waals surface area contributed by atoms with Crippen molar-refractivity contribution >= 4 is 62.7 Å². The van der Waals surface area contributed by atoms with Crippen LogP contribution in [0, 0.1) is 5.92 Å². The second-order valence-corrected chi connectivity index (χ2v) is 11.9. The first kappa shape index (κ1) is 29.6. The van der Waals surface area contributed by atoms with E-state index in [-0.39, 0.29) is 17.6 Å². The molecule has 0 radical (unpaired) electrons. The fraction of sp³-hybridized carbons (Fsp3) is 0.310. The van der Waals surface area contributed by atoms with E-state index < -0.39 is 6.04 Å². The number of halogens is 3. The Morgan fingerprint density at radius 2 is 1.57 bits per heavy atom. The van der Waals surface area contributed by atoms with E-state index in [1.54, 1.807) is 23.1 Å². The maximum atomic E-state index is 13.7. The number of amides is 2. The number of carbonyl (C=O) groups is 2. The summed E-state index contributed by atoms with van der Waals surface area (Å²) >= 11 is 17.5. The fourth-order valence-corrected chi connectivity index (χ4v) is 5.67. The Morgan fingerprint density at radius 3 is 2.19 bits per heavy atom. The molecule has 0 spiro atoms. The summed E-state index contributed by atoms with van der Waals surface area (Å²) in [5, 5.41) is 4.20. The van der Waals surface area contributed by atoms with E-state index in [9.17, 15) is 9.59 Å². The van der Waals surface area contributed by atoms with Crippen molar-refractivity contribution in [3.63, 3.8) is 0 Å². The Kier molecular flexibility index (Phi) is 11.8. The Labute approximate surface area is 242 Å². The monoisotopic (exact) mass is 620 g/mol. The molecule has 4 nitrogen and oxygen atoms in total. The standard InChI is InChI=1S/C29H31BrCl2N2O2S/c1-20(2)16-33-29(36)27(15-21-7-4-3-5-8-21)34(17-22-11-13-23(30)14-12-22)28(35)19-37-18-24-25(31)9-6-10-26(24)32/h3-14,20,27H,15-19H2,1-2H3,(H,33,36)/t27-/m1/s1. The van der Waals surface area contributed by atoms with Crippen LogP contribution >= 0.6 is 50.9 Å². The Balaban J connectivity index is 1.85. The van der Waals surface area contributed by atoms with E-state index in [0.717, 1.165) is 21.2 Å². The summed E-state index contributed by atoms with van der Waals surface area (Å²) < 4.78 is 0.955. The van der Waals surface area contributed by atoms with Gasteiger partial charge in [-0.3, -0.25) is 9.59 Å². The van der Waals surface area contributed by atoms with E-state index in [1.165, 1.54) is 11.8 Å². The lowest BCUT2D eigenvalue weighted by atomic mass is 10.0. The first-order valence-electron chi connectivity index (χ1n) is 12.1. The Hall–Kier alpha value is -1.99. The molecule has 0 aliphatic rings. The van der Waals surface area contributed by atoms with Crippen molar-refractivity contribution in [2.75, 3.05) is 12.3 Å². The van der Waals surface area contributed by atoms with Gasteiger partial charge in [0.25, 0.3) is 0 Å². The summed E-state index contributed by atoms with van der Waals surface area (Å²) in [6.07, 6.45) is 0.425. The molecule has 8 heteroatoms. The molecule has 37 heavy (non-hydrogen) atoms. The van der Waals surface area contributed by atoms with Crippen LogP contribution in [0.2, 0.25) is 10.0 Å². The topological polar surface area (TPSA) is 49.4 Å². The van der Waals surface area contributed by atoms with E-state index in [2.05, 4.69) is 21.2 Å². The third kappa shape index (κ3) is 9.36. The van der Waals surface area contributed by atoms with Crippen LogP contribution in [0.1, 0.15) is 30.5 Å². The number of rotatable bonds is 12. The van der Waals surface area contributed by atoms with Crippen LogP contribution in [0.5, 0.6) is 0 Å². The highest BCUT2D eigenvalue weighted by atomic mass is 79.9. The van der Waals surface area contributed by atoms with E-state index in [0.29, 0.717) is 41.2 Å². The van der Waals surface area contributed by atoms with Crippen LogP contribution in [0.15, 0.2) is 77.3 Å². The molecular weight excluding hydrogens is 591 g/mol. The second-order valence-electron chi connectivity index (χ2n) is 9.19. The zero-order valence-electron chi connectivity index (χ0n) is 20.9. The van der Waals surface area contributed by atoms with Gasteiger partial charge in [0.05, 0.1) is 5.75 Å². The molecule has 196 valence electrons. The summed E-state index contributed by atoms with van der Waals surface area (Å²) in [5.41, 5.74) is 2.75. The quantitative estimate of drug-likeness (QED) is 0.229. The van der Waals surface area contributed by atoms with Gasteiger partial charge in [-0.2, -0.15) is 0 Å². The average molecular weight is 622 g/mol. The molecule has 0 saturated heterocycles. The third-order valence-electron chi connectivity index (χ3n) is 5.76. The van der Waals surface area contributed by atoms with Crippen LogP contribution in [-0.4, -0.2) is 35.1 Å².